The molecule has 0 spiro atoms. The van der Waals surface area contributed by atoms with Crippen LogP contribution in [0.15, 0.2) is 0 Å². The van der Waals surface area contributed by atoms with Crippen LogP contribution in [0.2, 0.25) is 0 Å². The third-order valence-electron chi connectivity index (χ3n) is 7.30. The van der Waals surface area contributed by atoms with Gasteiger partial charge in [-0.3, -0.25) is 19.2 Å². The molecule has 0 aromatic carbocycles. The number of halogens is 2. The molecule has 1 saturated carbocycles. The van der Waals surface area contributed by atoms with E-state index >= 15 is 0 Å². The summed E-state index contributed by atoms with van der Waals surface area (Å²) in [6, 6.07) is -3.92. The first-order valence-corrected chi connectivity index (χ1v) is 13.2. The Morgan fingerprint density at radius 1 is 1.13 bits per heavy atom. The molecule has 4 atom stereocenters. The number of primary amides is 1. The van der Waals surface area contributed by atoms with Crippen LogP contribution in [0.25, 0.3) is 0 Å². The monoisotopic (exact) mass is 543 g/mol. The summed E-state index contributed by atoms with van der Waals surface area (Å²) in [7, 11) is 0. The molecule has 38 heavy (non-hydrogen) atoms. The SMILES string of the molecule is CC(C)(C)OC(=O)N[C@@H](CC1CCC1)C(=O)N1CCC(F)(F)C[C@H]1C(=O)N[C@@H](C[C@@H]1CCNC1=O)C(N)=O. The predicted molar refractivity (Wildman–Crippen MR) is 132 cm³/mol. The van der Waals surface area contributed by atoms with E-state index in [1.165, 1.54) is 0 Å². The van der Waals surface area contributed by atoms with Crippen LogP contribution in [0.1, 0.15) is 72.1 Å². The van der Waals surface area contributed by atoms with Gasteiger partial charge in [0.05, 0.1) is 0 Å². The number of nitrogens with zero attached hydrogens (tertiary/aromatic N) is 1. The number of alkyl carbamates (subject to hydrolysis) is 1. The minimum absolute atomic E-state index is 0.0749. The van der Waals surface area contributed by atoms with E-state index in [4.69, 9.17) is 10.5 Å². The van der Waals surface area contributed by atoms with Crippen molar-refractivity contribution in [2.45, 2.75) is 102 Å². The van der Waals surface area contributed by atoms with E-state index in [-0.39, 0.29) is 18.2 Å². The lowest BCUT2D eigenvalue weighted by atomic mass is 9.80. The number of likely N-dealkylation sites (tertiary alicyclic amines) is 1. The van der Waals surface area contributed by atoms with E-state index < -0.39 is 78.8 Å². The van der Waals surface area contributed by atoms with E-state index in [0.29, 0.717) is 19.4 Å². The van der Waals surface area contributed by atoms with Gasteiger partial charge in [-0.2, -0.15) is 0 Å². The van der Waals surface area contributed by atoms with Crippen LogP contribution in [-0.2, 0) is 23.9 Å². The van der Waals surface area contributed by atoms with Crippen LogP contribution >= 0.6 is 0 Å². The average molecular weight is 544 g/mol. The van der Waals surface area contributed by atoms with Crippen LogP contribution in [0.5, 0.6) is 0 Å². The molecule has 2 aliphatic heterocycles. The van der Waals surface area contributed by atoms with Gasteiger partial charge in [0.25, 0.3) is 5.92 Å². The fourth-order valence-electron chi connectivity index (χ4n) is 5.03. The third-order valence-corrected chi connectivity index (χ3v) is 7.30. The van der Waals surface area contributed by atoms with E-state index in [9.17, 15) is 32.8 Å². The van der Waals surface area contributed by atoms with Crippen LogP contribution in [0, 0.1) is 11.8 Å². The number of ether oxygens (including phenoxy) is 1. The van der Waals surface area contributed by atoms with Crippen molar-refractivity contribution in [2.75, 3.05) is 13.1 Å². The van der Waals surface area contributed by atoms with Crippen LogP contribution in [-0.4, -0.2) is 77.4 Å². The maximum atomic E-state index is 14.4. The topological polar surface area (TPSA) is 160 Å². The van der Waals surface area contributed by atoms with Gasteiger partial charge in [-0.25, -0.2) is 13.6 Å². The predicted octanol–water partition coefficient (Wildman–Crippen LogP) is 1.19. The molecule has 5 amide bonds. The molecule has 2 heterocycles. The summed E-state index contributed by atoms with van der Waals surface area (Å²) in [5.41, 5.74) is 4.62. The molecule has 2 saturated heterocycles. The first kappa shape index (κ1) is 29.6. The molecule has 3 fully saturated rings. The Hall–Kier alpha value is -2.99. The second-order valence-electron chi connectivity index (χ2n) is 11.6. The molecule has 1 aliphatic carbocycles. The van der Waals surface area contributed by atoms with E-state index in [2.05, 4.69) is 16.0 Å². The number of hydrogen-bond acceptors (Lipinski definition) is 6. The third kappa shape index (κ3) is 8.00. The van der Waals surface area contributed by atoms with Gasteiger partial charge < -0.3 is 31.3 Å². The van der Waals surface area contributed by atoms with Crippen LogP contribution in [0.3, 0.4) is 0 Å². The fraction of sp³-hybridized carbons (Fsp3) is 0.800. The molecule has 5 N–H and O–H groups in total. The van der Waals surface area contributed by atoms with Crippen molar-refractivity contribution in [3.05, 3.63) is 0 Å². The lowest BCUT2D eigenvalue weighted by Crippen LogP contribution is -2.62. The zero-order chi connectivity index (χ0) is 28.3. The maximum Gasteiger partial charge on any atom is 0.408 e. The summed E-state index contributed by atoms with van der Waals surface area (Å²) in [6.07, 6.45) is 0.996. The van der Waals surface area contributed by atoms with E-state index in [1.54, 1.807) is 20.8 Å². The van der Waals surface area contributed by atoms with Gasteiger partial charge in [-0.1, -0.05) is 19.3 Å². The number of piperidine rings is 1. The molecule has 0 aromatic rings. The molecule has 3 aliphatic rings. The Bertz CT molecular complexity index is 936. The summed E-state index contributed by atoms with van der Waals surface area (Å²) < 4.78 is 34.2. The molecule has 0 aromatic heterocycles. The summed E-state index contributed by atoms with van der Waals surface area (Å²) in [4.78, 5) is 64.4. The fourth-order valence-corrected chi connectivity index (χ4v) is 5.03. The largest absolute Gasteiger partial charge is 0.444 e. The summed E-state index contributed by atoms with van der Waals surface area (Å²) in [6.45, 7) is 5.03. The highest BCUT2D eigenvalue weighted by atomic mass is 19.3. The van der Waals surface area contributed by atoms with Crippen molar-refractivity contribution in [1.82, 2.24) is 20.9 Å². The molecular formula is C25H39F2N5O6. The highest BCUT2D eigenvalue weighted by molar-refractivity contribution is 5.94. The molecule has 0 unspecified atom stereocenters. The maximum absolute atomic E-state index is 14.4. The number of carbonyl (C=O) groups is 5. The van der Waals surface area contributed by atoms with Crippen molar-refractivity contribution in [2.24, 2.45) is 17.6 Å². The molecule has 11 nitrogen and oxygen atoms in total. The van der Waals surface area contributed by atoms with Crippen molar-refractivity contribution < 1.29 is 37.5 Å². The number of carbonyl (C=O) groups excluding carboxylic acids is 5. The standard InChI is InChI=1S/C25H39F2N5O6/c1-24(2,3)38-23(37)31-17(11-14-5-4-6-14)22(36)32-10-8-25(26,27)13-18(32)21(35)30-16(19(28)33)12-15-7-9-29-20(15)34/h14-18H,4-13H2,1-3H3,(H2,28,33)(H,29,34)(H,30,35)(H,31,37)/t15-,16-,17-,18-/m0/s1. The Morgan fingerprint density at radius 3 is 2.34 bits per heavy atom. The number of amides is 5. The van der Waals surface area contributed by atoms with Crippen molar-refractivity contribution in [1.29, 1.82) is 0 Å². The Balaban J connectivity index is 1.77. The lowest BCUT2D eigenvalue weighted by molar-refractivity contribution is -0.154. The van der Waals surface area contributed by atoms with Gasteiger partial charge >= 0.3 is 6.09 Å². The van der Waals surface area contributed by atoms with Gasteiger partial charge in [0.15, 0.2) is 0 Å². The second kappa shape index (κ2) is 11.8. The number of nitrogens with two attached hydrogens (primary N) is 1. The highest BCUT2D eigenvalue weighted by Crippen LogP contribution is 2.35. The molecule has 0 radical (unpaired) electrons. The minimum Gasteiger partial charge on any atom is -0.444 e. The molecule has 3 rings (SSSR count). The first-order chi connectivity index (χ1) is 17.6. The summed E-state index contributed by atoms with van der Waals surface area (Å²) in [5.74, 6) is -6.40. The van der Waals surface area contributed by atoms with Crippen molar-refractivity contribution in [3.8, 4) is 0 Å². The first-order valence-electron chi connectivity index (χ1n) is 13.2. The van der Waals surface area contributed by atoms with Crippen molar-refractivity contribution in [3.63, 3.8) is 0 Å². The Kier molecular flexibility index (Phi) is 9.19. The molecular weight excluding hydrogens is 504 g/mol. The minimum atomic E-state index is -3.21. The van der Waals surface area contributed by atoms with Gasteiger partial charge in [0, 0.05) is 31.8 Å². The zero-order valence-corrected chi connectivity index (χ0v) is 22.2. The zero-order valence-electron chi connectivity index (χ0n) is 22.2. The lowest BCUT2D eigenvalue weighted by Gasteiger charge is -2.41. The van der Waals surface area contributed by atoms with Gasteiger partial charge in [-0.15, -0.1) is 0 Å². The molecule has 0 bridgehead atoms. The normalized spacial score (nSPS) is 25.0. The van der Waals surface area contributed by atoms with Crippen LogP contribution < -0.4 is 21.7 Å². The smallest absolute Gasteiger partial charge is 0.408 e. The van der Waals surface area contributed by atoms with Gasteiger partial charge in [-0.05, 0) is 46.0 Å². The Morgan fingerprint density at radius 2 is 1.82 bits per heavy atom. The highest BCUT2D eigenvalue weighted by Gasteiger charge is 2.47. The van der Waals surface area contributed by atoms with E-state index in [0.717, 1.165) is 24.2 Å². The van der Waals surface area contributed by atoms with Gasteiger partial charge in [0.2, 0.25) is 23.6 Å². The average Bonchev–Trinajstić information content (AvgIpc) is 3.16. The van der Waals surface area contributed by atoms with Gasteiger partial charge in [0.1, 0.15) is 23.7 Å². The molecule has 13 heteroatoms. The van der Waals surface area contributed by atoms with E-state index in [1.807, 2.05) is 0 Å². The number of hydrogen-bond donors (Lipinski definition) is 4. The quantitative estimate of drug-likeness (QED) is 0.342. The molecule has 214 valence electrons. The summed E-state index contributed by atoms with van der Waals surface area (Å²) in [5, 5.41) is 7.60. The van der Waals surface area contributed by atoms with Crippen LogP contribution in [0.4, 0.5) is 13.6 Å². The number of nitrogens with one attached hydrogen (secondary N) is 3. The number of alkyl halides is 2. The van der Waals surface area contributed by atoms with Crippen molar-refractivity contribution >= 4 is 29.7 Å². The number of rotatable bonds is 9. The summed E-state index contributed by atoms with van der Waals surface area (Å²) >= 11 is 0. The second-order valence-corrected chi connectivity index (χ2v) is 11.6. The Labute approximate surface area is 220 Å².